The predicted octanol–water partition coefficient (Wildman–Crippen LogP) is 2.70. The van der Waals surface area contributed by atoms with Crippen molar-refractivity contribution in [2.24, 2.45) is 5.92 Å². The minimum Gasteiger partial charge on any atom is -0.496 e. The van der Waals surface area contributed by atoms with Crippen molar-refractivity contribution >= 4 is 11.8 Å². The number of ether oxygens (including phenoxy) is 1. The summed E-state index contributed by atoms with van der Waals surface area (Å²) in [5.74, 6) is -0.0934. The van der Waals surface area contributed by atoms with Crippen molar-refractivity contribution in [2.45, 2.75) is 32.1 Å². The minimum absolute atomic E-state index is 0.00319. The summed E-state index contributed by atoms with van der Waals surface area (Å²) in [4.78, 5) is 29.0. The Balaban J connectivity index is 1.61. The summed E-state index contributed by atoms with van der Waals surface area (Å²) in [6.45, 7) is 2.75. The zero-order valence-electron chi connectivity index (χ0n) is 14.7. The molecule has 0 spiro atoms. The molecule has 2 aliphatic rings. The van der Waals surface area contributed by atoms with Crippen molar-refractivity contribution in [1.82, 2.24) is 9.80 Å². The van der Waals surface area contributed by atoms with E-state index in [1.807, 2.05) is 4.90 Å². The number of amides is 2. The molecule has 6 heteroatoms. The van der Waals surface area contributed by atoms with Gasteiger partial charge in [-0.05, 0) is 50.3 Å². The number of carbonyl (C=O) groups excluding carboxylic acids is 2. The normalized spacial score (nSPS) is 19.0. The van der Waals surface area contributed by atoms with Crippen LogP contribution in [-0.2, 0) is 4.79 Å². The number of piperidine rings is 2. The van der Waals surface area contributed by atoms with Crippen molar-refractivity contribution in [3.63, 3.8) is 0 Å². The van der Waals surface area contributed by atoms with E-state index >= 15 is 0 Å². The summed E-state index contributed by atoms with van der Waals surface area (Å²) in [6.07, 6.45) is 4.70. The number of hydrogen-bond acceptors (Lipinski definition) is 3. The van der Waals surface area contributed by atoms with E-state index in [0.717, 1.165) is 25.9 Å². The van der Waals surface area contributed by atoms with Crippen LogP contribution in [-0.4, -0.2) is 54.9 Å². The molecule has 0 N–H and O–H groups in total. The molecule has 5 nitrogen and oxygen atoms in total. The summed E-state index contributed by atoms with van der Waals surface area (Å²) >= 11 is 0. The fourth-order valence-corrected chi connectivity index (χ4v) is 3.72. The van der Waals surface area contributed by atoms with E-state index in [1.165, 1.54) is 31.7 Å². The number of hydrogen-bond donors (Lipinski definition) is 0. The molecule has 2 aliphatic heterocycles. The lowest BCUT2D eigenvalue weighted by atomic mass is 9.94. The third-order valence-corrected chi connectivity index (χ3v) is 5.19. The van der Waals surface area contributed by atoms with Crippen LogP contribution in [0.15, 0.2) is 18.2 Å². The lowest BCUT2D eigenvalue weighted by molar-refractivity contribution is -0.137. The second kappa shape index (κ2) is 7.85. The van der Waals surface area contributed by atoms with Gasteiger partial charge in [0.1, 0.15) is 11.6 Å². The molecule has 1 aromatic rings. The zero-order chi connectivity index (χ0) is 17.8. The number of rotatable bonds is 3. The van der Waals surface area contributed by atoms with E-state index in [1.54, 1.807) is 4.90 Å². The predicted molar refractivity (Wildman–Crippen MR) is 92.0 cm³/mol. The van der Waals surface area contributed by atoms with Crippen molar-refractivity contribution in [2.75, 3.05) is 33.3 Å². The van der Waals surface area contributed by atoms with E-state index in [-0.39, 0.29) is 23.3 Å². The zero-order valence-corrected chi connectivity index (χ0v) is 14.7. The van der Waals surface area contributed by atoms with Gasteiger partial charge in [-0.15, -0.1) is 0 Å². The van der Waals surface area contributed by atoms with Crippen LogP contribution in [0.2, 0.25) is 0 Å². The maximum atomic E-state index is 13.5. The second-order valence-corrected chi connectivity index (χ2v) is 6.80. The number of halogens is 1. The van der Waals surface area contributed by atoms with Crippen LogP contribution in [0.25, 0.3) is 0 Å². The molecule has 2 saturated heterocycles. The van der Waals surface area contributed by atoms with Gasteiger partial charge in [-0.25, -0.2) is 4.39 Å². The third-order valence-electron chi connectivity index (χ3n) is 5.19. The van der Waals surface area contributed by atoms with Crippen molar-refractivity contribution in [3.05, 3.63) is 29.6 Å². The number of likely N-dealkylation sites (tertiary alicyclic amines) is 2. The lowest BCUT2D eigenvalue weighted by Crippen LogP contribution is -2.45. The van der Waals surface area contributed by atoms with Crippen LogP contribution >= 0.6 is 0 Å². The molecule has 0 atom stereocenters. The average molecular weight is 348 g/mol. The maximum absolute atomic E-state index is 13.5. The molecule has 0 aromatic heterocycles. The van der Waals surface area contributed by atoms with Crippen LogP contribution in [0.3, 0.4) is 0 Å². The highest BCUT2D eigenvalue weighted by atomic mass is 19.1. The van der Waals surface area contributed by atoms with Crippen LogP contribution < -0.4 is 4.74 Å². The highest BCUT2D eigenvalue weighted by Gasteiger charge is 2.31. The van der Waals surface area contributed by atoms with Gasteiger partial charge in [0.05, 0.1) is 12.7 Å². The van der Waals surface area contributed by atoms with E-state index in [4.69, 9.17) is 4.74 Å². The Hall–Kier alpha value is -2.11. The van der Waals surface area contributed by atoms with Crippen LogP contribution in [0.5, 0.6) is 5.75 Å². The summed E-state index contributed by atoms with van der Waals surface area (Å²) < 4.78 is 18.7. The summed E-state index contributed by atoms with van der Waals surface area (Å²) in [5.41, 5.74) is 0.239. The monoisotopic (exact) mass is 348 g/mol. The summed E-state index contributed by atoms with van der Waals surface area (Å²) in [7, 11) is 1.47. The average Bonchev–Trinajstić information content (AvgIpc) is 2.67. The van der Waals surface area contributed by atoms with E-state index in [9.17, 15) is 14.0 Å². The van der Waals surface area contributed by atoms with Gasteiger partial charge in [-0.1, -0.05) is 0 Å². The number of carbonyl (C=O) groups is 2. The Kier molecular flexibility index (Phi) is 5.56. The summed E-state index contributed by atoms with van der Waals surface area (Å²) in [6, 6.07) is 3.96. The SMILES string of the molecule is COc1ccc(F)cc1C(=O)N1CCC(C(=O)N2CCCCC2)CC1. The van der Waals surface area contributed by atoms with Gasteiger partial charge >= 0.3 is 0 Å². The largest absolute Gasteiger partial charge is 0.496 e. The lowest BCUT2D eigenvalue weighted by Gasteiger charge is -2.35. The van der Waals surface area contributed by atoms with E-state index < -0.39 is 5.82 Å². The molecule has 136 valence electrons. The van der Waals surface area contributed by atoms with Crippen molar-refractivity contribution < 1.29 is 18.7 Å². The molecule has 2 amide bonds. The fourth-order valence-electron chi connectivity index (χ4n) is 3.72. The number of nitrogens with zero attached hydrogens (tertiary/aromatic N) is 2. The molecule has 0 aliphatic carbocycles. The maximum Gasteiger partial charge on any atom is 0.257 e. The molecular weight excluding hydrogens is 323 g/mol. The first-order valence-corrected chi connectivity index (χ1v) is 9.01. The van der Waals surface area contributed by atoms with Gasteiger partial charge in [-0.3, -0.25) is 9.59 Å². The van der Waals surface area contributed by atoms with Crippen molar-refractivity contribution in [1.29, 1.82) is 0 Å². The smallest absolute Gasteiger partial charge is 0.257 e. The van der Waals surface area contributed by atoms with Crippen LogP contribution in [0.1, 0.15) is 42.5 Å². The van der Waals surface area contributed by atoms with Crippen LogP contribution in [0.4, 0.5) is 4.39 Å². The highest BCUT2D eigenvalue weighted by Crippen LogP contribution is 2.26. The third kappa shape index (κ3) is 3.94. The van der Waals surface area contributed by atoms with Gasteiger partial charge in [0.15, 0.2) is 0 Å². The Bertz CT molecular complexity index is 636. The second-order valence-electron chi connectivity index (χ2n) is 6.80. The molecule has 0 saturated carbocycles. The molecule has 0 radical (unpaired) electrons. The highest BCUT2D eigenvalue weighted by molar-refractivity contribution is 5.97. The van der Waals surface area contributed by atoms with Crippen LogP contribution in [0, 0.1) is 11.7 Å². The molecule has 25 heavy (non-hydrogen) atoms. The Labute approximate surface area is 147 Å². The molecule has 3 rings (SSSR count). The quantitative estimate of drug-likeness (QED) is 0.844. The van der Waals surface area contributed by atoms with Gasteiger partial charge in [0, 0.05) is 32.1 Å². The Morgan fingerprint density at radius 1 is 1.04 bits per heavy atom. The van der Waals surface area contributed by atoms with Gasteiger partial charge in [0.25, 0.3) is 5.91 Å². The Morgan fingerprint density at radius 2 is 1.72 bits per heavy atom. The molecule has 2 heterocycles. The van der Waals surface area contributed by atoms with Gasteiger partial charge < -0.3 is 14.5 Å². The molecule has 1 aromatic carbocycles. The first kappa shape index (κ1) is 17.7. The fraction of sp³-hybridized carbons (Fsp3) is 0.579. The standard InChI is InChI=1S/C19H25FN2O3/c1-25-17-6-5-15(20)13-16(17)19(24)22-11-7-14(8-12-22)18(23)21-9-3-2-4-10-21/h5-6,13-14H,2-4,7-12H2,1H3. The first-order valence-electron chi connectivity index (χ1n) is 9.01. The Morgan fingerprint density at radius 3 is 2.36 bits per heavy atom. The number of benzene rings is 1. The number of methoxy groups -OCH3 is 1. The van der Waals surface area contributed by atoms with E-state index in [0.29, 0.717) is 31.7 Å². The van der Waals surface area contributed by atoms with Gasteiger partial charge in [0.2, 0.25) is 5.91 Å². The van der Waals surface area contributed by atoms with Gasteiger partial charge in [-0.2, -0.15) is 0 Å². The molecule has 0 unspecified atom stereocenters. The van der Waals surface area contributed by atoms with E-state index in [2.05, 4.69) is 0 Å². The van der Waals surface area contributed by atoms with Crippen molar-refractivity contribution in [3.8, 4) is 5.75 Å². The first-order chi connectivity index (χ1) is 12.1. The summed E-state index contributed by atoms with van der Waals surface area (Å²) in [5, 5.41) is 0. The minimum atomic E-state index is -0.459. The molecule has 2 fully saturated rings. The topological polar surface area (TPSA) is 49.9 Å². The molecular formula is C19H25FN2O3. The molecule has 0 bridgehead atoms.